The summed E-state index contributed by atoms with van der Waals surface area (Å²) in [5, 5.41) is 0. The van der Waals surface area contributed by atoms with E-state index in [1.165, 1.54) is 11.8 Å². The molecule has 0 N–H and O–H groups in total. The van der Waals surface area contributed by atoms with E-state index in [1.54, 1.807) is 30.3 Å². The third-order valence-corrected chi connectivity index (χ3v) is 7.62. The van der Waals surface area contributed by atoms with Gasteiger partial charge < -0.3 is 18.9 Å². The maximum absolute atomic E-state index is 13.2. The van der Waals surface area contributed by atoms with E-state index in [0.717, 1.165) is 16.7 Å². The Morgan fingerprint density at radius 3 is 2.14 bits per heavy atom. The summed E-state index contributed by atoms with van der Waals surface area (Å²) in [5.74, 6) is -0.622. The number of hydrogen-bond acceptors (Lipinski definition) is 9. The molecule has 10 heteroatoms. The van der Waals surface area contributed by atoms with E-state index in [1.807, 2.05) is 60.7 Å². The van der Waals surface area contributed by atoms with Crippen molar-refractivity contribution in [2.75, 3.05) is 12.9 Å². The van der Waals surface area contributed by atoms with Crippen LogP contribution >= 0.6 is 11.8 Å². The SMILES string of the molecule is CS(=O)(=O)OC1C(OC(=O)c2ccccc2)[C@H]2OC(c3ccccc3)OCC2O[C@@H]1Sc1ccccc1. The summed E-state index contributed by atoms with van der Waals surface area (Å²) in [6.45, 7) is 0.154. The molecule has 3 aromatic carbocycles. The first kappa shape index (κ1) is 25.9. The summed E-state index contributed by atoms with van der Waals surface area (Å²) >= 11 is 1.28. The predicted molar refractivity (Wildman–Crippen MR) is 136 cm³/mol. The molecule has 0 amide bonds. The molecular formula is C27H26O8S2. The minimum atomic E-state index is -3.96. The Kier molecular flexibility index (Phi) is 7.94. The lowest BCUT2D eigenvalue weighted by atomic mass is 9.98. The zero-order valence-corrected chi connectivity index (χ0v) is 21.5. The molecule has 0 bridgehead atoms. The Bertz CT molecular complexity index is 1290. The highest BCUT2D eigenvalue weighted by atomic mass is 32.2. The molecule has 2 aliphatic heterocycles. The van der Waals surface area contributed by atoms with Crippen molar-refractivity contribution in [1.82, 2.24) is 0 Å². The summed E-state index contributed by atoms with van der Waals surface area (Å²) in [6, 6.07) is 27.2. The van der Waals surface area contributed by atoms with Gasteiger partial charge in [0.25, 0.3) is 10.1 Å². The van der Waals surface area contributed by atoms with Crippen molar-refractivity contribution in [2.45, 2.75) is 41.0 Å². The lowest BCUT2D eigenvalue weighted by Crippen LogP contribution is -2.63. The van der Waals surface area contributed by atoms with Gasteiger partial charge in [-0.15, -0.1) is 0 Å². The molecule has 0 radical (unpaired) electrons. The first-order valence-corrected chi connectivity index (χ1v) is 14.4. The molecule has 0 spiro atoms. The molecule has 5 rings (SSSR count). The first-order valence-electron chi connectivity index (χ1n) is 11.7. The van der Waals surface area contributed by atoms with Crippen LogP contribution in [0.2, 0.25) is 0 Å². The molecule has 0 saturated carbocycles. The van der Waals surface area contributed by atoms with Crippen LogP contribution in [0, 0.1) is 0 Å². The van der Waals surface area contributed by atoms with Crippen molar-refractivity contribution >= 4 is 27.8 Å². The molecular weight excluding hydrogens is 516 g/mol. The fourth-order valence-corrected chi connectivity index (χ4v) is 6.07. The number of hydrogen-bond donors (Lipinski definition) is 0. The van der Waals surface area contributed by atoms with Gasteiger partial charge in [-0.1, -0.05) is 78.5 Å². The Morgan fingerprint density at radius 1 is 0.865 bits per heavy atom. The van der Waals surface area contributed by atoms with Crippen molar-refractivity contribution in [2.24, 2.45) is 0 Å². The lowest BCUT2D eigenvalue weighted by Gasteiger charge is -2.48. The minimum Gasteiger partial charge on any atom is -0.453 e. The number of carbonyl (C=O) groups is 1. The first-order chi connectivity index (χ1) is 17.9. The molecule has 2 aliphatic rings. The largest absolute Gasteiger partial charge is 0.453 e. The van der Waals surface area contributed by atoms with Crippen LogP contribution < -0.4 is 0 Å². The number of thioether (sulfide) groups is 1. The maximum atomic E-state index is 13.2. The van der Waals surface area contributed by atoms with Gasteiger partial charge in [0.15, 0.2) is 18.5 Å². The van der Waals surface area contributed by atoms with Crippen LogP contribution in [0.5, 0.6) is 0 Å². The summed E-state index contributed by atoms with van der Waals surface area (Å²) in [5.41, 5.74) is 0.269. The number of benzene rings is 3. The second-order valence-corrected chi connectivity index (χ2v) is 11.4. The van der Waals surface area contributed by atoms with Gasteiger partial charge in [0.2, 0.25) is 0 Å². The highest BCUT2D eigenvalue weighted by Gasteiger charge is 2.54. The van der Waals surface area contributed by atoms with Gasteiger partial charge in [0.1, 0.15) is 17.6 Å². The molecule has 194 valence electrons. The quantitative estimate of drug-likeness (QED) is 0.322. The molecule has 0 aliphatic carbocycles. The van der Waals surface area contributed by atoms with E-state index in [9.17, 15) is 13.2 Å². The van der Waals surface area contributed by atoms with Crippen LogP contribution in [0.1, 0.15) is 22.2 Å². The van der Waals surface area contributed by atoms with Gasteiger partial charge in [-0.25, -0.2) is 4.79 Å². The molecule has 2 saturated heterocycles. The average Bonchev–Trinajstić information content (AvgIpc) is 2.91. The summed E-state index contributed by atoms with van der Waals surface area (Å²) in [7, 11) is -3.96. The minimum absolute atomic E-state index is 0.154. The number of ether oxygens (including phenoxy) is 4. The van der Waals surface area contributed by atoms with E-state index in [-0.39, 0.29) is 6.61 Å². The van der Waals surface area contributed by atoms with Gasteiger partial charge in [-0.2, -0.15) is 8.42 Å². The zero-order chi connectivity index (χ0) is 25.8. The van der Waals surface area contributed by atoms with Gasteiger partial charge in [-0.05, 0) is 24.3 Å². The van der Waals surface area contributed by atoms with Crippen molar-refractivity contribution in [3.63, 3.8) is 0 Å². The van der Waals surface area contributed by atoms with Gasteiger partial charge in [-0.3, -0.25) is 4.18 Å². The van der Waals surface area contributed by atoms with Gasteiger partial charge >= 0.3 is 5.97 Å². The fourth-order valence-electron chi connectivity index (χ4n) is 4.26. The smallest absolute Gasteiger partial charge is 0.338 e. The van der Waals surface area contributed by atoms with Crippen molar-refractivity contribution < 1.29 is 36.3 Å². The molecule has 37 heavy (non-hydrogen) atoms. The second-order valence-electron chi connectivity index (χ2n) is 8.65. The Balaban J connectivity index is 1.50. The molecule has 2 heterocycles. The maximum Gasteiger partial charge on any atom is 0.338 e. The highest BCUT2D eigenvalue weighted by Crippen LogP contribution is 2.41. The van der Waals surface area contributed by atoms with Crippen molar-refractivity contribution in [3.05, 3.63) is 102 Å². The average molecular weight is 543 g/mol. The van der Waals surface area contributed by atoms with Crippen LogP contribution in [0.15, 0.2) is 95.9 Å². The monoisotopic (exact) mass is 542 g/mol. The molecule has 4 unspecified atom stereocenters. The Labute approximate surface area is 220 Å². The van der Waals surface area contributed by atoms with Crippen LogP contribution in [0.4, 0.5) is 0 Å². The fraction of sp³-hybridized carbons (Fsp3) is 0.296. The molecule has 3 aromatic rings. The van der Waals surface area contributed by atoms with Crippen molar-refractivity contribution in [1.29, 1.82) is 0 Å². The van der Waals surface area contributed by atoms with E-state index in [2.05, 4.69) is 0 Å². The molecule has 6 atom stereocenters. The molecule has 0 aromatic heterocycles. The van der Waals surface area contributed by atoms with Crippen LogP contribution in [0.25, 0.3) is 0 Å². The number of fused-ring (bicyclic) bond motifs is 1. The van der Waals surface area contributed by atoms with Crippen LogP contribution in [0.3, 0.4) is 0 Å². The van der Waals surface area contributed by atoms with E-state index in [4.69, 9.17) is 23.1 Å². The highest BCUT2D eigenvalue weighted by molar-refractivity contribution is 7.99. The third-order valence-electron chi connectivity index (χ3n) is 5.89. The Morgan fingerprint density at radius 2 is 1.49 bits per heavy atom. The number of carbonyl (C=O) groups excluding carboxylic acids is 1. The van der Waals surface area contributed by atoms with Gasteiger partial charge in [0, 0.05) is 10.5 Å². The summed E-state index contributed by atoms with van der Waals surface area (Å²) in [6.07, 6.45) is -3.54. The summed E-state index contributed by atoms with van der Waals surface area (Å²) < 4.78 is 54.7. The van der Waals surface area contributed by atoms with Gasteiger partial charge in [0.05, 0.1) is 18.4 Å². The normalized spacial score (nSPS) is 27.7. The predicted octanol–water partition coefficient (Wildman–Crippen LogP) is 4.19. The van der Waals surface area contributed by atoms with E-state index >= 15 is 0 Å². The standard InChI is InChI=1S/C27H26O8S2/c1-37(29,30)35-24-23(33-25(28)18-11-5-2-6-12-18)22-21(32-27(24)36-20-15-9-4-10-16-20)17-31-26(34-22)19-13-7-3-8-14-19/h2-16,21-24,26-27H,17H2,1H3/t21?,22-,23?,24?,26?,27+/m0/s1. The number of rotatable bonds is 7. The van der Waals surface area contributed by atoms with E-state index < -0.39 is 52.2 Å². The second kappa shape index (κ2) is 11.3. The zero-order valence-electron chi connectivity index (χ0n) is 19.9. The lowest BCUT2D eigenvalue weighted by molar-refractivity contribution is -0.315. The molecule has 2 fully saturated rings. The topological polar surface area (TPSA) is 97.4 Å². The van der Waals surface area contributed by atoms with Crippen LogP contribution in [-0.2, 0) is 33.2 Å². The van der Waals surface area contributed by atoms with Crippen molar-refractivity contribution in [3.8, 4) is 0 Å². The summed E-state index contributed by atoms with van der Waals surface area (Å²) in [4.78, 5) is 14.0. The van der Waals surface area contributed by atoms with Crippen LogP contribution in [-0.4, -0.2) is 57.1 Å². The molecule has 8 nitrogen and oxygen atoms in total. The third kappa shape index (κ3) is 6.40. The number of esters is 1. The Hall–Kier alpha value is -2.73. The van der Waals surface area contributed by atoms with E-state index in [0.29, 0.717) is 5.56 Å².